The minimum absolute atomic E-state index is 0.111. The minimum Gasteiger partial charge on any atom is -0.483 e. The molecule has 0 fully saturated rings. The van der Waals surface area contributed by atoms with Crippen LogP contribution in [0.15, 0.2) is 64.5 Å². The molecule has 2 N–H and O–H groups in total. The van der Waals surface area contributed by atoms with Crippen LogP contribution in [-0.2, 0) is 14.8 Å². The summed E-state index contributed by atoms with van der Waals surface area (Å²) in [5, 5.41) is 2.69. The van der Waals surface area contributed by atoms with E-state index in [1.54, 1.807) is 0 Å². The maximum atomic E-state index is 12.2. The Labute approximate surface area is 174 Å². The second-order valence-electron chi connectivity index (χ2n) is 6.34. The Morgan fingerprint density at radius 1 is 1.21 bits per heavy atom. The molecule has 6 nitrogen and oxygen atoms in total. The summed E-state index contributed by atoms with van der Waals surface area (Å²) in [6.45, 7) is 7.57. The fourth-order valence-corrected chi connectivity index (χ4v) is 3.79. The van der Waals surface area contributed by atoms with E-state index in [1.807, 2.05) is 32.0 Å². The third-order valence-electron chi connectivity index (χ3n) is 3.82. The summed E-state index contributed by atoms with van der Waals surface area (Å²) in [7, 11) is -3.59. The van der Waals surface area contributed by atoms with Crippen molar-refractivity contribution in [1.82, 2.24) is 4.72 Å². The van der Waals surface area contributed by atoms with Crippen LogP contribution >= 0.6 is 15.9 Å². The molecule has 0 aromatic heterocycles. The van der Waals surface area contributed by atoms with Crippen LogP contribution in [0, 0.1) is 0 Å². The first-order valence-electron chi connectivity index (χ1n) is 8.65. The van der Waals surface area contributed by atoms with Crippen LogP contribution in [0.2, 0.25) is 0 Å². The summed E-state index contributed by atoms with van der Waals surface area (Å²) in [6.07, 6.45) is 1.46. The predicted molar refractivity (Wildman–Crippen MR) is 114 cm³/mol. The molecule has 0 radical (unpaired) electrons. The summed E-state index contributed by atoms with van der Waals surface area (Å²) in [6, 6.07) is 11.6. The van der Waals surface area contributed by atoms with Gasteiger partial charge in [0.2, 0.25) is 10.0 Å². The van der Waals surface area contributed by atoms with Gasteiger partial charge in [-0.25, -0.2) is 13.1 Å². The maximum absolute atomic E-state index is 12.2. The van der Waals surface area contributed by atoms with Gasteiger partial charge in [0.25, 0.3) is 5.91 Å². The van der Waals surface area contributed by atoms with Gasteiger partial charge in [0.05, 0.1) is 4.90 Å². The Bertz CT molecular complexity index is 941. The lowest BCUT2D eigenvalue weighted by atomic mass is 10.0. The van der Waals surface area contributed by atoms with Crippen molar-refractivity contribution in [3.05, 3.63) is 65.2 Å². The summed E-state index contributed by atoms with van der Waals surface area (Å²) >= 11 is 3.44. The predicted octanol–water partition coefficient (Wildman–Crippen LogP) is 4.05. The van der Waals surface area contributed by atoms with Crippen molar-refractivity contribution in [1.29, 1.82) is 0 Å². The zero-order valence-corrected chi connectivity index (χ0v) is 18.1. The van der Waals surface area contributed by atoms with Crippen molar-refractivity contribution >= 4 is 37.5 Å². The van der Waals surface area contributed by atoms with Crippen molar-refractivity contribution in [3.8, 4) is 5.75 Å². The van der Waals surface area contributed by atoms with Gasteiger partial charge in [-0.1, -0.05) is 35.9 Å². The SMILES string of the molecule is C=CCNS(=O)(=O)c1ccc(NC(=O)COc2ccc(Br)cc2C(C)C)cc1. The fraction of sp³-hybridized carbons (Fsp3) is 0.250. The van der Waals surface area contributed by atoms with Crippen LogP contribution in [0.5, 0.6) is 5.75 Å². The van der Waals surface area contributed by atoms with Crippen molar-refractivity contribution in [2.24, 2.45) is 0 Å². The number of carbonyl (C=O) groups excluding carboxylic acids is 1. The van der Waals surface area contributed by atoms with Crippen molar-refractivity contribution < 1.29 is 17.9 Å². The monoisotopic (exact) mass is 466 g/mol. The second-order valence-corrected chi connectivity index (χ2v) is 9.02. The van der Waals surface area contributed by atoms with E-state index in [0.29, 0.717) is 11.4 Å². The number of halogens is 1. The highest BCUT2D eigenvalue weighted by Crippen LogP contribution is 2.29. The van der Waals surface area contributed by atoms with Crippen LogP contribution < -0.4 is 14.8 Å². The Balaban J connectivity index is 1.98. The van der Waals surface area contributed by atoms with Gasteiger partial charge in [-0.15, -0.1) is 6.58 Å². The Kier molecular flexibility index (Phi) is 7.79. The average Bonchev–Trinajstić information content (AvgIpc) is 2.65. The highest BCUT2D eigenvalue weighted by Gasteiger charge is 2.14. The smallest absolute Gasteiger partial charge is 0.262 e. The summed E-state index contributed by atoms with van der Waals surface area (Å²) in [5.41, 5.74) is 1.49. The first-order chi connectivity index (χ1) is 13.2. The topological polar surface area (TPSA) is 84.5 Å². The number of ether oxygens (including phenoxy) is 1. The molecule has 0 unspecified atom stereocenters. The lowest BCUT2D eigenvalue weighted by Gasteiger charge is -2.14. The zero-order chi connectivity index (χ0) is 20.7. The molecule has 0 saturated carbocycles. The number of anilines is 1. The van der Waals surface area contributed by atoms with E-state index >= 15 is 0 Å². The molecule has 1 amide bonds. The Morgan fingerprint density at radius 2 is 1.89 bits per heavy atom. The number of hydrogen-bond acceptors (Lipinski definition) is 4. The number of carbonyl (C=O) groups is 1. The quantitative estimate of drug-likeness (QED) is 0.545. The number of benzene rings is 2. The second kappa shape index (κ2) is 9.86. The van der Waals surface area contributed by atoms with Crippen molar-refractivity contribution in [2.75, 3.05) is 18.5 Å². The van der Waals surface area contributed by atoms with Gasteiger partial charge in [-0.2, -0.15) is 0 Å². The maximum Gasteiger partial charge on any atom is 0.262 e. The van der Waals surface area contributed by atoms with Crippen molar-refractivity contribution in [3.63, 3.8) is 0 Å². The molecule has 8 heteroatoms. The average molecular weight is 467 g/mol. The largest absolute Gasteiger partial charge is 0.483 e. The number of nitrogens with one attached hydrogen (secondary N) is 2. The normalized spacial score (nSPS) is 11.3. The Hall–Kier alpha value is -2.16. The molecule has 0 heterocycles. The first kappa shape index (κ1) is 22.1. The molecule has 2 aromatic rings. The summed E-state index contributed by atoms with van der Waals surface area (Å²) < 4.78 is 33.0. The number of hydrogen-bond donors (Lipinski definition) is 2. The van der Waals surface area contributed by atoms with E-state index in [4.69, 9.17) is 4.74 Å². The summed E-state index contributed by atoms with van der Waals surface area (Å²) in [5.74, 6) is 0.570. The molecule has 0 aliphatic carbocycles. The van der Waals surface area contributed by atoms with E-state index in [2.05, 4.69) is 32.5 Å². The molecule has 2 rings (SSSR count). The van der Waals surface area contributed by atoms with Gasteiger partial charge < -0.3 is 10.1 Å². The van der Waals surface area contributed by atoms with Gasteiger partial charge in [-0.3, -0.25) is 4.79 Å². The van der Waals surface area contributed by atoms with E-state index in [1.165, 1.54) is 30.3 Å². The molecule has 2 aromatic carbocycles. The van der Waals surface area contributed by atoms with Crippen LogP contribution in [0.4, 0.5) is 5.69 Å². The highest BCUT2D eigenvalue weighted by atomic mass is 79.9. The van der Waals surface area contributed by atoms with Gasteiger partial charge >= 0.3 is 0 Å². The zero-order valence-electron chi connectivity index (χ0n) is 15.7. The van der Waals surface area contributed by atoms with E-state index in [0.717, 1.165) is 10.0 Å². The van der Waals surface area contributed by atoms with Gasteiger partial charge in [0.1, 0.15) is 5.75 Å². The third-order valence-corrected chi connectivity index (χ3v) is 5.75. The van der Waals surface area contributed by atoms with Crippen LogP contribution in [0.3, 0.4) is 0 Å². The molecule has 150 valence electrons. The number of amides is 1. The van der Waals surface area contributed by atoms with Crippen LogP contribution in [0.1, 0.15) is 25.3 Å². The van der Waals surface area contributed by atoms with E-state index in [-0.39, 0.29) is 29.9 Å². The first-order valence-corrected chi connectivity index (χ1v) is 10.9. The molecule has 0 saturated heterocycles. The lowest BCUT2D eigenvalue weighted by Crippen LogP contribution is -2.24. The standard InChI is InChI=1S/C20H23BrN2O4S/c1-4-11-22-28(25,26)17-8-6-16(7-9-17)23-20(24)13-27-19-10-5-15(21)12-18(19)14(2)3/h4-10,12,14,22H,1,11,13H2,2-3H3,(H,23,24). The molecule has 0 atom stereocenters. The molecule has 0 aliphatic rings. The minimum atomic E-state index is -3.59. The lowest BCUT2D eigenvalue weighted by molar-refractivity contribution is -0.118. The molecule has 0 aliphatic heterocycles. The Morgan fingerprint density at radius 3 is 2.50 bits per heavy atom. The molecule has 28 heavy (non-hydrogen) atoms. The molecular formula is C20H23BrN2O4S. The summed E-state index contributed by atoms with van der Waals surface area (Å²) in [4.78, 5) is 12.3. The van der Waals surface area contributed by atoms with Crippen LogP contribution in [-0.4, -0.2) is 27.5 Å². The number of rotatable bonds is 9. The third kappa shape index (κ3) is 6.19. The van der Waals surface area contributed by atoms with Crippen LogP contribution in [0.25, 0.3) is 0 Å². The van der Waals surface area contributed by atoms with Gasteiger partial charge in [0.15, 0.2) is 6.61 Å². The molecule has 0 bridgehead atoms. The molecule has 0 spiro atoms. The van der Waals surface area contributed by atoms with E-state index in [9.17, 15) is 13.2 Å². The van der Waals surface area contributed by atoms with Gasteiger partial charge in [0, 0.05) is 16.7 Å². The van der Waals surface area contributed by atoms with Crippen molar-refractivity contribution in [2.45, 2.75) is 24.7 Å². The molecular weight excluding hydrogens is 444 g/mol. The highest BCUT2D eigenvalue weighted by molar-refractivity contribution is 9.10. The fourth-order valence-electron chi connectivity index (χ4n) is 2.41. The van der Waals surface area contributed by atoms with Gasteiger partial charge in [-0.05, 0) is 53.9 Å². The van der Waals surface area contributed by atoms with E-state index < -0.39 is 10.0 Å². The number of sulfonamides is 1.